The van der Waals surface area contributed by atoms with Crippen molar-refractivity contribution >= 4 is 5.82 Å². The average molecular weight is 589 g/mol. The lowest BCUT2D eigenvalue weighted by Gasteiger charge is -2.29. The normalized spacial score (nSPS) is 14.0. The molecule has 1 N–H and O–H groups in total. The fourth-order valence-electron chi connectivity index (χ4n) is 5.69. The van der Waals surface area contributed by atoms with Gasteiger partial charge in [-0.25, -0.2) is 0 Å². The molecule has 5 nitrogen and oxygen atoms in total. The molecule has 0 aliphatic carbocycles. The van der Waals surface area contributed by atoms with Crippen LogP contribution in [0.15, 0.2) is 97.1 Å². The van der Waals surface area contributed by atoms with Gasteiger partial charge in [-0.2, -0.15) is 18.2 Å². The molecule has 1 fully saturated rings. The van der Waals surface area contributed by atoms with Crippen LogP contribution in [-0.4, -0.2) is 55.8 Å². The zero-order valence-corrected chi connectivity index (χ0v) is 24.6. The van der Waals surface area contributed by atoms with Gasteiger partial charge in [0.15, 0.2) is 0 Å². The maximum absolute atomic E-state index is 13.7. The van der Waals surface area contributed by atoms with Gasteiger partial charge in [-0.1, -0.05) is 78.9 Å². The molecule has 2 heterocycles. The van der Waals surface area contributed by atoms with Crippen molar-refractivity contribution in [2.75, 3.05) is 50.8 Å². The van der Waals surface area contributed by atoms with Gasteiger partial charge in [0.1, 0.15) is 5.82 Å². The minimum Gasteiger partial charge on any atom is -0.478 e. The summed E-state index contributed by atoms with van der Waals surface area (Å²) < 4.78 is 47.3. The van der Waals surface area contributed by atoms with Crippen molar-refractivity contribution < 1.29 is 17.9 Å². The number of nitrogens with one attached hydrogen (secondary N) is 1. The monoisotopic (exact) mass is 588 g/mol. The molecule has 0 spiro atoms. The molecule has 1 aromatic heterocycles. The van der Waals surface area contributed by atoms with Crippen LogP contribution in [0.2, 0.25) is 0 Å². The Kier molecular flexibility index (Phi) is 10.3. The molecular formula is C35H39F3N4O. The van der Waals surface area contributed by atoms with E-state index in [-0.39, 0.29) is 11.5 Å². The number of halogens is 3. The summed E-state index contributed by atoms with van der Waals surface area (Å²) in [5.41, 5.74) is 2.72. The topological polar surface area (TPSA) is 40.6 Å². The highest BCUT2D eigenvalue weighted by atomic mass is 19.4. The Bertz CT molecular complexity index is 1390. The number of hydrogen-bond donors (Lipinski definition) is 1. The number of rotatable bonds is 12. The minimum absolute atomic E-state index is 0.0619. The van der Waals surface area contributed by atoms with Crippen LogP contribution in [0.3, 0.4) is 0 Å². The number of benzene rings is 3. The van der Waals surface area contributed by atoms with Crippen LogP contribution < -0.4 is 15.0 Å². The van der Waals surface area contributed by atoms with Gasteiger partial charge in [-0.15, -0.1) is 0 Å². The molecule has 4 aromatic rings. The first-order valence-electron chi connectivity index (χ1n) is 14.9. The van der Waals surface area contributed by atoms with Gasteiger partial charge in [-0.05, 0) is 47.7 Å². The quantitative estimate of drug-likeness (QED) is 0.182. The summed E-state index contributed by atoms with van der Waals surface area (Å²) in [6.07, 6.45) is -3.69. The van der Waals surface area contributed by atoms with Crippen LogP contribution in [0.5, 0.6) is 5.88 Å². The Labute approximate surface area is 252 Å². The summed E-state index contributed by atoms with van der Waals surface area (Å²) in [6.45, 7) is 7.42. The van der Waals surface area contributed by atoms with Crippen molar-refractivity contribution in [3.05, 3.63) is 125 Å². The Hall–Kier alpha value is -3.88. The largest absolute Gasteiger partial charge is 0.478 e. The molecule has 3 aromatic carbocycles. The molecule has 0 saturated carbocycles. The number of nitrogens with zero attached hydrogens (tertiary/aromatic N) is 3. The number of alkyl halides is 3. The molecule has 5 rings (SSSR count). The third-order valence-corrected chi connectivity index (χ3v) is 8.01. The predicted molar refractivity (Wildman–Crippen MR) is 166 cm³/mol. The second-order valence-electron chi connectivity index (χ2n) is 11.0. The van der Waals surface area contributed by atoms with E-state index in [0.717, 1.165) is 38.1 Å². The second kappa shape index (κ2) is 14.5. The van der Waals surface area contributed by atoms with Crippen molar-refractivity contribution in [2.24, 2.45) is 0 Å². The Morgan fingerprint density at radius 3 is 2.16 bits per heavy atom. The highest BCUT2D eigenvalue weighted by molar-refractivity contribution is 5.41. The third kappa shape index (κ3) is 8.36. The second-order valence-corrected chi connectivity index (χ2v) is 11.0. The number of ether oxygens (including phenoxy) is 1. The lowest BCUT2D eigenvalue weighted by molar-refractivity contribution is -0.138. The van der Waals surface area contributed by atoms with Crippen molar-refractivity contribution in [2.45, 2.75) is 32.0 Å². The van der Waals surface area contributed by atoms with E-state index in [9.17, 15) is 13.2 Å². The first kappa shape index (κ1) is 30.6. The van der Waals surface area contributed by atoms with Crippen molar-refractivity contribution in [1.29, 1.82) is 0 Å². The molecule has 1 saturated heterocycles. The standard InChI is InChI=1S/C35H39F3N4O/c1-27-30(15-8-16-32(27)35(36,37)38)25-41(26-31(28-11-4-2-5-12-28)29-13-6-3-7-14-29)21-10-24-43-34-18-9-17-33(40-34)42-22-19-39-20-23-42/h2-9,11-18,31,39H,10,19-26H2,1H3. The zero-order valence-electron chi connectivity index (χ0n) is 24.6. The zero-order chi connectivity index (χ0) is 30.1. The van der Waals surface area contributed by atoms with Crippen LogP contribution >= 0.6 is 0 Å². The lowest BCUT2D eigenvalue weighted by atomic mass is 9.90. The lowest BCUT2D eigenvalue weighted by Crippen LogP contribution is -2.43. The third-order valence-electron chi connectivity index (χ3n) is 8.01. The highest BCUT2D eigenvalue weighted by Gasteiger charge is 2.33. The van der Waals surface area contributed by atoms with Crippen LogP contribution in [-0.2, 0) is 12.7 Å². The SMILES string of the molecule is Cc1c(CN(CCCOc2cccc(N3CCNCC3)n2)CC(c2ccccc2)c2ccccc2)cccc1C(F)(F)F. The number of hydrogen-bond acceptors (Lipinski definition) is 5. The molecule has 0 bridgehead atoms. The van der Waals surface area contributed by atoms with Crippen LogP contribution in [0, 0.1) is 6.92 Å². The van der Waals surface area contributed by atoms with Gasteiger partial charge in [-0.3, -0.25) is 4.90 Å². The van der Waals surface area contributed by atoms with Crippen molar-refractivity contribution in [3.63, 3.8) is 0 Å². The van der Waals surface area contributed by atoms with Crippen LogP contribution in [0.4, 0.5) is 19.0 Å². The summed E-state index contributed by atoms with van der Waals surface area (Å²) in [7, 11) is 0. The summed E-state index contributed by atoms with van der Waals surface area (Å²) in [5.74, 6) is 1.56. The van der Waals surface area contributed by atoms with Gasteiger partial charge in [0, 0.05) is 57.8 Å². The Balaban J connectivity index is 1.32. The molecule has 0 amide bonds. The van der Waals surface area contributed by atoms with Gasteiger partial charge in [0.05, 0.1) is 12.2 Å². The molecule has 43 heavy (non-hydrogen) atoms. The molecule has 0 radical (unpaired) electrons. The Morgan fingerprint density at radius 2 is 1.51 bits per heavy atom. The van der Waals surface area contributed by atoms with E-state index in [1.807, 2.05) is 54.6 Å². The molecular weight excluding hydrogens is 549 g/mol. The maximum Gasteiger partial charge on any atom is 0.416 e. The number of anilines is 1. The van der Waals surface area contributed by atoms with Gasteiger partial charge >= 0.3 is 6.18 Å². The molecule has 1 aliphatic heterocycles. The van der Waals surface area contributed by atoms with E-state index in [0.29, 0.717) is 44.1 Å². The molecule has 8 heteroatoms. The summed E-state index contributed by atoms with van der Waals surface area (Å²) in [6, 6.07) is 30.9. The fraction of sp³-hybridized carbons (Fsp3) is 0.343. The smallest absolute Gasteiger partial charge is 0.416 e. The van der Waals surface area contributed by atoms with Crippen molar-refractivity contribution in [1.82, 2.24) is 15.2 Å². The molecule has 1 aliphatic rings. The first-order valence-corrected chi connectivity index (χ1v) is 14.9. The number of pyridine rings is 1. The Morgan fingerprint density at radius 1 is 0.860 bits per heavy atom. The van der Waals surface area contributed by atoms with Crippen LogP contribution in [0.1, 0.15) is 40.2 Å². The predicted octanol–water partition coefficient (Wildman–Crippen LogP) is 6.92. The summed E-state index contributed by atoms with van der Waals surface area (Å²) >= 11 is 0. The minimum atomic E-state index is -4.39. The molecule has 226 valence electrons. The van der Waals surface area contributed by atoms with Gasteiger partial charge in [0.2, 0.25) is 5.88 Å². The molecule has 0 unspecified atom stereocenters. The fourth-order valence-corrected chi connectivity index (χ4v) is 5.69. The van der Waals surface area contributed by atoms with E-state index in [1.54, 1.807) is 13.0 Å². The van der Waals surface area contributed by atoms with Gasteiger partial charge in [0.25, 0.3) is 0 Å². The average Bonchev–Trinajstić information content (AvgIpc) is 3.03. The van der Waals surface area contributed by atoms with E-state index in [2.05, 4.69) is 39.4 Å². The number of piperazine rings is 1. The van der Waals surface area contributed by atoms with Crippen molar-refractivity contribution in [3.8, 4) is 5.88 Å². The summed E-state index contributed by atoms with van der Waals surface area (Å²) in [4.78, 5) is 9.21. The van der Waals surface area contributed by atoms with E-state index < -0.39 is 11.7 Å². The summed E-state index contributed by atoms with van der Waals surface area (Å²) in [5, 5.41) is 3.36. The van der Waals surface area contributed by atoms with Gasteiger partial charge < -0.3 is 15.0 Å². The van der Waals surface area contributed by atoms with Crippen LogP contribution in [0.25, 0.3) is 0 Å². The molecule has 0 atom stereocenters. The van der Waals surface area contributed by atoms with E-state index in [4.69, 9.17) is 9.72 Å². The highest BCUT2D eigenvalue weighted by Crippen LogP contribution is 2.34. The van der Waals surface area contributed by atoms with E-state index in [1.165, 1.54) is 17.2 Å². The first-order chi connectivity index (χ1) is 20.9. The number of aromatic nitrogens is 1. The van der Waals surface area contributed by atoms with E-state index >= 15 is 0 Å². The maximum atomic E-state index is 13.7.